The standard InChI is InChI=1S/C17H23N3/c1-2-17-19-15-13-18-11-10-16(15)20(17)12-6-9-14-7-4-3-5-8-14/h3-5,7-8,18H,2,6,9-13H2,1H3. The molecular weight excluding hydrogens is 246 g/mol. The van der Waals surface area contributed by atoms with E-state index in [9.17, 15) is 0 Å². The summed E-state index contributed by atoms with van der Waals surface area (Å²) in [6, 6.07) is 10.8. The highest BCUT2D eigenvalue weighted by molar-refractivity contribution is 5.20. The molecule has 1 aliphatic rings. The summed E-state index contributed by atoms with van der Waals surface area (Å²) in [6.07, 6.45) is 4.48. The summed E-state index contributed by atoms with van der Waals surface area (Å²) in [6.45, 7) is 5.32. The van der Waals surface area contributed by atoms with Gasteiger partial charge in [-0.05, 0) is 18.4 Å². The highest BCUT2D eigenvalue weighted by Crippen LogP contribution is 2.17. The van der Waals surface area contributed by atoms with Crippen LogP contribution in [0.5, 0.6) is 0 Å². The Balaban J connectivity index is 1.69. The lowest BCUT2D eigenvalue weighted by molar-refractivity contribution is 0.560. The van der Waals surface area contributed by atoms with Crippen molar-refractivity contribution < 1.29 is 0 Å². The molecule has 0 saturated carbocycles. The maximum atomic E-state index is 4.80. The smallest absolute Gasteiger partial charge is 0.108 e. The van der Waals surface area contributed by atoms with E-state index >= 15 is 0 Å². The Hall–Kier alpha value is -1.61. The van der Waals surface area contributed by atoms with Gasteiger partial charge in [-0.2, -0.15) is 0 Å². The minimum absolute atomic E-state index is 0.939. The maximum Gasteiger partial charge on any atom is 0.108 e. The normalized spacial score (nSPS) is 14.2. The molecule has 0 bridgehead atoms. The van der Waals surface area contributed by atoms with Crippen LogP contribution in [-0.2, 0) is 32.4 Å². The first-order valence-corrected chi connectivity index (χ1v) is 7.70. The zero-order valence-corrected chi connectivity index (χ0v) is 12.2. The SMILES string of the molecule is CCc1nc2c(n1CCCc1ccccc1)CCNC2. The quantitative estimate of drug-likeness (QED) is 0.904. The zero-order valence-electron chi connectivity index (χ0n) is 12.2. The third-order valence-electron chi connectivity index (χ3n) is 4.07. The number of benzene rings is 1. The van der Waals surface area contributed by atoms with Crippen molar-refractivity contribution >= 4 is 0 Å². The summed E-state index contributed by atoms with van der Waals surface area (Å²) in [4.78, 5) is 4.80. The summed E-state index contributed by atoms with van der Waals surface area (Å²) in [7, 11) is 0. The number of aromatic nitrogens is 2. The molecule has 2 aromatic rings. The first-order valence-electron chi connectivity index (χ1n) is 7.70. The molecule has 1 N–H and O–H groups in total. The highest BCUT2D eigenvalue weighted by atomic mass is 15.1. The highest BCUT2D eigenvalue weighted by Gasteiger charge is 2.18. The number of fused-ring (bicyclic) bond motifs is 1. The van der Waals surface area contributed by atoms with Crippen LogP contribution < -0.4 is 5.32 Å². The summed E-state index contributed by atoms with van der Waals surface area (Å²) >= 11 is 0. The van der Waals surface area contributed by atoms with E-state index in [1.165, 1.54) is 29.2 Å². The van der Waals surface area contributed by atoms with Gasteiger partial charge in [-0.25, -0.2) is 4.98 Å². The molecule has 20 heavy (non-hydrogen) atoms. The summed E-state index contributed by atoms with van der Waals surface area (Å²) in [5.74, 6) is 1.26. The maximum absolute atomic E-state index is 4.80. The Morgan fingerprint density at radius 2 is 2.10 bits per heavy atom. The molecular formula is C17H23N3. The topological polar surface area (TPSA) is 29.9 Å². The second kappa shape index (κ2) is 6.23. The van der Waals surface area contributed by atoms with E-state index in [0.717, 1.165) is 38.9 Å². The number of hydrogen-bond donors (Lipinski definition) is 1. The van der Waals surface area contributed by atoms with Gasteiger partial charge in [0.2, 0.25) is 0 Å². The average molecular weight is 269 g/mol. The summed E-state index contributed by atoms with van der Waals surface area (Å²) in [5.41, 5.74) is 4.17. The average Bonchev–Trinajstić information content (AvgIpc) is 2.87. The van der Waals surface area contributed by atoms with Crippen LogP contribution in [0.1, 0.15) is 36.1 Å². The fourth-order valence-corrected chi connectivity index (χ4v) is 3.05. The van der Waals surface area contributed by atoms with Crippen LogP contribution in [-0.4, -0.2) is 16.1 Å². The van der Waals surface area contributed by atoms with E-state index in [-0.39, 0.29) is 0 Å². The molecule has 0 unspecified atom stereocenters. The van der Waals surface area contributed by atoms with E-state index in [2.05, 4.69) is 47.1 Å². The molecule has 0 atom stereocenters. The number of aryl methyl sites for hydroxylation is 2. The van der Waals surface area contributed by atoms with Gasteiger partial charge in [-0.1, -0.05) is 37.3 Å². The van der Waals surface area contributed by atoms with Crippen LogP contribution in [0.3, 0.4) is 0 Å². The number of imidazole rings is 1. The van der Waals surface area contributed by atoms with Crippen molar-refractivity contribution in [2.75, 3.05) is 6.54 Å². The van der Waals surface area contributed by atoms with E-state index < -0.39 is 0 Å². The molecule has 0 saturated heterocycles. The summed E-state index contributed by atoms with van der Waals surface area (Å²) in [5, 5.41) is 3.41. The molecule has 2 heterocycles. The number of nitrogens with zero attached hydrogens (tertiary/aromatic N) is 2. The summed E-state index contributed by atoms with van der Waals surface area (Å²) < 4.78 is 2.47. The van der Waals surface area contributed by atoms with Crippen LogP contribution in [0, 0.1) is 0 Å². The minimum Gasteiger partial charge on any atom is -0.332 e. The molecule has 1 aromatic heterocycles. The van der Waals surface area contributed by atoms with Crippen molar-refractivity contribution in [3.8, 4) is 0 Å². The molecule has 0 fully saturated rings. The molecule has 3 heteroatoms. The largest absolute Gasteiger partial charge is 0.332 e. The van der Waals surface area contributed by atoms with Crippen molar-refractivity contribution in [1.82, 2.24) is 14.9 Å². The fraction of sp³-hybridized carbons (Fsp3) is 0.471. The van der Waals surface area contributed by atoms with Gasteiger partial charge >= 0.3 is 0 Å². The fourth-order valence-electron chi connectivity index (χ4n) is 3.05. The van der Waals surface area contributed by atoms with E-state index in [1.807, 2.05) is 0 Å². The van der Waals surface area contributed by atoms with Gasteiger partial charge in [0.1, 0.15) is 5.82 Å². The predicted octanol–water partition coefficient (Wildman–Crippen LogP) is 2.72. The molecule has 3 nitrogen and oxygen atoms in total. The number of rotatable bonds is 5. The third kappa shape index (κ3) is 2.78. The Bertz CT molecular complexity index is 557. The second-order valence-electron chi connectivity index (χ2n) is 5.44. The van der Waals surface area contributed by atoms with Gasteiger partial charge in [-0.3, -0.25) is 0 Å². The van der Waals surface area contributed by atoms with Crippen LogP contribution in [0.2, 0.25) is 0 Å². The van der Waals surface area contributed by atoms with Crippen molar-refractivity contribution in [2.45, 2.75) is 45.7 Å². The van der Waals surface area contributed by atoms with Gasteiger partial charge in [0, 0.05) is 38.2 Å². The first kappa shape index (κ1) is 13.4. The molecule has 106 valence electrons. The van der Waals surface area contributed by atoms with Crippen LogP contribution in [0.15, 0.2) is 30.3 Å². The lowest BCUT2D eigenvalue weighted by Gasteiger charge is -2.16. The van der Waals surface area contributed by atoms with Crippen molar-refractivity contribution in [3.63, 3.8) is 0 Å². The zero-order chi connectivity index (χ0) is 13.8. The monoisotopic (exact) mass is 269 g/mol. The third-order valence-corrected chi connectivity index (χ3v) is 4.07. The Labute approximate surface area is 121 Å². The van der Waals surface area contributed by atoms with Gasteiger partial charge in [0.15, 0.2) is 0 Å². The molecule has 0 amide bonds. The number of nitrogens with one attached hydrogen (secondary N) is 1. The molecule has 0 radical (unpaired) electrons. The molecule has 1 aliphatic heterocycles. The minimum atomic E-state index is 0.939. The first-order chi connectivity index (χ1) is 9.88. The van der Waals surface area contributed by atoms with Crippen LogP contribution in [0.4, 0.5) is 0 Å². The lowest BCUT2D eigenvalue weighted by Crippen LogP contribution is -2.25. The van der Waals surface area contributed by atoms with Gasteiger partial charge in [-0.15, -0.1) is 0 Å². The Morgan fingerprint density at radius 1 is 1.25 bits per heavy atom. The van der Waals surface area contributed by atoms with Gasteiger partial charge in [0.25, 0.3) is 0 Å². The molecule has 0 aliphatic carbocycles. The van der Waals surface area contributed by atoms with Crippen molar-refractivity contribution in [2.24, 2.45) is 0 Å². The Kier molecular flexibility index (Phi) is 4.16. The van der Waals surface area contributed by atoms with Gasteiger partial charge < -0.3 is 9.88 Å². The molecule has 0 spiro atoms. The molecule has 1 aromatic carbocycles. The van der Waals surface area contributed by atoms with Crippen molar-refractivity contribution in [3.05, 3.63) is 53.1 Å². The lowest BCUT2D eigenvalue weighted by atomic mass is 10.1. The van der Waals surface area contributed by atoms with E-state index in [0.29, 0.717) is 0 Å². The van der Waals surface area contributed by atoms with Gasteiger partial charge in [0.05, 0.1) is 5.69 Å². The number of hydrogen-bond acceptors (Lipinski definition) is 2. The predicted molar refractivity (Wildman–Crippen MR) is 81.8 cm³/mol. The second-order valence-corrected chi connectivity index (χ2v) is 5.44. The van der Waals surface area contributed by atoms with E-state index in [1.54, 1.807) is 0 Å². The van der Waals surface area contributed by atoms with Crippen molar-refractivity contribution in [1.29, 1.82) is 0 Å². The Morgan fingerprint density at radius 3 is 2.90 bits per heavy atom. The van der Waals surface area contributed by atoms with E-state index in [4.69, 9.17) is 4.98 Å². The van der Waals surface area contributed by atoms with Crippen LogP contribution in [0.25, 0.3) is 0 Å². The van der Waals surface area contributed by atoms with Crippen LogP contribution >= 0.6 is 0 Å². The molecule has 3 rings (SSSR count).